The van der Waals surface area contributed by atoms with E-state index >= 15 is 0 Å². The molecule has 0 atom stereocenters. The molecule has 6 rings (SSSR count). The number of nitrogens with zero attached hydrogens (tertiary/aromatic N) is 5. The maximum Gasteiger partial charge on any atom is 0.371 e. The zero-order valence-electron chi connectivity index (χ0n) is 18.3. The van der Waals surface area contributed by atoms with Gasteiger partial charge >= 0.3 is 5.97 Å². The summed E-state index contributed by atoms with van der Waals surface area (Å²) < 4.78 is 7.37. The van der Waals surface area contributed by atoms with E-state index in [-0.39, 0.29) is 5.76 Å². The zero-order valence-corrected chi connectivity index (χ0v) is 18.3. The van der Waals surface area contributed by atoms with E-state index in [4.69, 9.17) is 9.52 Å². The Bertz CT molecular complexity index is 1690. The highest BCUT2D eigenvalue weighted by Crippen LogP contribution is 2.29. The smallest absolute Gasteiger partial charge is 0.371 e. The number of pyridine rings is 1. The van der Waals surface area contributed by atoms with Crippen molar-refractivity contribution in [2.75, 3.05) is 5.32 Å². The first-order valence-electron chi connectivity index (χ1n) is 10.8. The molecule has 0 saturated heterocycles. The van der Waals surface area contributed by atoms with E-state index in [9.17, 15) is 4.79 Å². The summed E-state index contributed by atoms with van der Waals surface area (Å²) in [6.07, 6.45) is 4.93. The molecule has 9 heteroatoms. The van der Waals surface area contributed by atoms with E-state index in [0.29, 0.717) is 29.3 Å². The number of rotatable bonds is 6. The molecule has 0 bridgehead atoms. The summed E-state index contributed by atoms with van der Waals surface area (Å²) in [7, 11) is 0. The number of furan rings is 1. The lowest BCUT2D eigenvalue weighted by Crippen LogP contribution is -2.01. The van der Waals surface area contributed by atoms with Crippen LogP contribution in [0.4, 0.5) is 11.5 Å². The maximum atomic E-state index is 11.2. The SMILES string of the molecule is O=C(O)c1ccc(-c2cc3c(Nc4ccc5c(cnn5Cc5ccccc5)c4)ncnc3cn2)o1. The van der Waals surface area contributed by atoms with Crippen molar-refractivity contribution >= 4 is 39.3 Å². The number of hydrogen-bond donors (Lipinski definition) is 2. The van der Waals surface area contributed by atoms with E-state index < -0.39 is 5.97 Å². The molecule has 4 heterocycles. The second-order valence-corrected chi connectivity index (χ2v) is 7.96. The van der Waals surface area contributed by atoms with E-state index in [2.05, 4.69) is 37.5 Å². The predicted molar refractivity (Wildman–Crippen MR) is 131 cm³/mol. The Labute approximate surface area is 198 Å². The highest BCUT2D eigenvalue weighted by atomic mass is 16.4. The average molecular weight is 462 g/mol. The molecule has 6 aromatic rings. The molecule has 35 heavy (non-hydrogen) atoms. The van der Waals surface area contributed by atoms with Crippen LogP contribution < -0.4 is 5.32 Å². The van der Waals surface area contributed by atoms with Crippen LogP contribution in [0.3, 0.4) is 0 Å². The average Bonchev–Trinajstić information content (AvgIpc) is 3.53. The zero-order chi connectivity index (χ0) is 23.8. The van der Waals surface area contributed by atoms with Crippen LogP contribution in [0.25, 0.3) is 33.3 Å². The summed E-state index contributed by atoms with van der Waals surface area (Å²) in [5, 5.41) is 18.8. The monoisotopic (exact) mass is 462 g/mol. The van der Waals surface area contributed by atoms with Crippen molar-refractivity contribution in [2.45, 2.75) is 6.54 Å². The van der Waals surface area contributed by atoms with Crippen LogP contribution in [0.5, 0.6) is 0 Å². The Morgan fingerprint density at radius 3 is 2.69 bits per heavy atom. The van der Waals surface area contributed by atoms with Crippen LogP contribution >= 0.6 is 0 Å². The van der Waals surface area contributed by atoms with E-state index in [1.807, 2.05) is 47.3 Å². The van der Waals surface area contributed by atoms with Crippen molar-refractivity contribution in [2.24, 2.45) is 0 Å². The summed E-state index contributed by atoms with van der Waals surface area (Å²) in [6, 6.07) is 21.0. The van der Waals surface area contributed by atoms with Gasteiger partial charge in [0.1, 0.15) is 17.8 Å². The quantitative estimate of drug-likeness (QED) is 0.350. The van der Waals surface area contributed by atoms with Crippen LogP contribution in [-0.2, 0) is 6.54 Å². The first-order chi connectivity index (χ1) is 17.1. The highest BCUT2D eigenvalue weighted by molar-refractivity contribution is 5.93. The Kier molecular flexibility index (Phi) is 4.92. The minimum atomic E-state index is -1.13. The molecule has 0 amide bonds. The first-order valence-corrected chi connectivity index (χ1v) is 10.8. The number of carboxylic acid groups (broad SMARTS) is 1. The fourth-order valence-electron chi connectivity index (χ4n) is 3.97. The maximum absolute atomic E-state index is 11.2. The van der Waals surface area contributed by atoms with Crippen molar-refractivity contribution in [1.29, 1.82) is 0 Å². The Morgan fingerprint density at radius 1 is 0.971 bits per heavy atom. The van der Waals surface area contributed by atoms with Crippen LogP contribution in [0, 0.1) is 0 Å². The van der Waals surface area contributed by atoms with Crippen molar-refractivity contribution in [1.82, 2.24) is 24.7 Å². The van der Waals surface area contributed by atoms with E-state index in [0.717, 1.165) is 22.0 Å². The molecule has 0 aliphatic heterocycles. The molecule has 2 aromatic carbocycles. The van der Waals surface area contributed by atoms with Crippen molar-refractivity contribution in [3.8, 4) is 11.5 Å². The minimum absolute atomic E-state index is 0.148. The van der Waals surface area contributed by atoms with Crippen molar-refractivity contribution in [3.05, 3.63) is 96.8 Å². The van der Waals surface area contributed by atoms with Gasteiger partial charge < -0.3 is 14.8 Å². The Morgan fingerprint density at radius 2 is 1.86 bits per heavy atom. The van der Waals surface area contributed by atoms with Crippen molar-refractivity contribution < 1.29 is 14.3 Å². The summed E-state index contributed by atoms with van der Waals surface area (Å²) in [6.45, 7) is 0.694. The minimum Gasteiger partial charge on any atom is -0.475 e. The molecular formula is C26H18N6O3. The number of anilines is 2. The lowest BCUT2D eigenvalue weighted by molar-refractivity contribution is 0.0663. The van der Waals surface area contributed by atoms with Crippen LogP contribution in [0.15, 0.2) is 89.9 Å². The Balaban J connectivity index is 1.32. The van der Waals surface area contributed by atoms with Crippen LogP contribution in [0.1, 0.15) is 16.1 Å². The largest absolute Gasteiger partial charge is 0.475 e. The van der Waals surface area contributed by atoms with Gasteiger partial charge in [0.2, 0.25) is 5.76 Å². The molecule has 4 aromatic heterocycles. The van der Waals surface area contributed by atoms with Crippen LogP contribution in [0.2, 0.25) is 0 Å². The second kappa shape index (κ2) is 8.38. The number of fused-ring (bicyclic) bond motifs is 2. The topological polar surface area (TPSA) is 119 Å². The highest BCUT2D eigenvalue weighted by Gasteiger charge is 2.14. The molecule has 0 aliphatic rings. The summed E-state index contributed by atoms with van der Waals surface area (Å²) in [5.41, 5.74) is 4.20. The van der Waals surface area contributed by atoms with Gasteiger partial charge in [-0.05, 0) is 42.0 Å². The fourth-order valence-corrected chi connectivity index (χ4v) is 3.97. The standard InChI is InChI=1S/C26H18N6O3/c33-26(34)24-9-8-23(35-24)20-11-19-21(13-27-20)28-15-29-25(19)31-18-6-7-22-17(10-18)12-30-32(22)14-16-4-2-1-3-5-16/h1-13,15H,14H2,(H,33,34)(H,28,29,31). The lowest BCUT2D eigenvalue weighted by atomic mass is 10.2. The Hall–Kier alpha value is -5.05. The third-order valence-corrected chi connectivity index (χ3v) is 5.67. The normalized spacial score (nSPS) is 11.2. The van der Waals surface area contributed by atoms with Gasteiger partial charge in [0.15, 0.2) is 5.76 Å². The van der Waals surface area contributed by atoms with Gasteiger partial charge in [-0.3, -0.25) is 9.67 Å². The third kappa shape index (κ3) is 3.95. The molecule has 0 fully saturated rings. The molecule has 0 spiro atoms. The predicted octanol–water partition coefficient (Wildman–Crippen LogP) is 5.12. The van der Waals surface area contributed by atoms with Gasteiger partial charge in [0.05, 0.1) is 30.0 Å². The van der Waals surface area contributed by atoms with Gasteiger partial charge in [0, 0.05) is 16.5 Å². The van der Waals surface area contributed by atoms with E-state index in [1.54, 1.807) is 18.3 Å². The van der Waals surface area contributed by atoms with Gasteiger partial charge in [-0.25, -0.2) is 14.8 Å². The number of aromatic nitrogens is 5. The molecule has 0 unspecified atom stereocenters. The summed E-state index contributed by atoms with van der Waals surface area (Å²) in [5.74, 6) is -0.332. The summed E-state index contributed by atoms with van der Waals surface area (Å²) >= 11 is 0. The van der Waals surface area contributed by atoms with Gasteiger partial charge in [-0.2, -0.15) is 5.10 Å². The van der Waals surface area contributed by atoms with Gasteiger partial charge in [-0.1, -0.05) is 30.3 Å². The van der Waals surface area contributed by atoms with Crippen molar-refractivity contribution in [3.63, 3.8) is 0 Å². The van der Waals surface area contributed by atoms with Crippen LogP contribution in [-0.4, -0.2) is 35.8 Å². The molecular weight excluding hydrogens is 444 g/mol. The molecule has 9 nitrogen and oxygen atoms in total. The molecule has 0 aliphatic carbocycles. The number of carbonyl (C=O) groups is 1. The third-order valence-electron chi connectivity index (χ3n) is 5.67. The van der Waals surface area contributed by atoms with Gasteiger partial charge in [-0.15, -0.1) is 0 Å². The number of benzene rings is 2. The fraction of sp³-hybridized carbons (Fsp3) is 0.0385. The molecule has 0 radical (unpaired) electrons. The second-order valence-electron chi connectivity index (χ2n) is 7.96. The lowest BCUT2D eigenvalue weighted by Gasteiger charge is -2.10. The first kappa shape index (κ1) is 20.5. The number of carboxylic acids is 1. The number of aromatic carboxylic acids is 1. The molecule has 2 N–H and O–H groups in total. The molecule has 0 saturated carbocycles. The van der Waals surface area contributed by atoms with E-state index in [1.165, 1.54) is 18.0 Å². The number of hydrogen-bond acceptors (Lipinski definition) is 7. The number of nitrogens with one attached hydrogen (secondary N) is 1. The molecule has 170 valence electrons. The van der Waals surface area contributed by atoms with Gasteiger partial charge in [0.25, 0.3) is 0 Å². The summed E-state index contributed by atoms with van der Waals surface area (Å²) in [4.78, 5) is 24.2.